The molecule has 7 heteroatoms. The second-order valence-electron chi connectivity index (χ2n) is 6.60. The Bertz CT molecular complexity index is 932. The van der Waals surface area contributed by atoms with Gasteiger partial charge in [-0.15, -0.1) is 0 Å². The van der Waals surface area contributed by atoms with Crippen molar-refractivity contribution in [1.29, 1.82) is 0 Å². The molecule has 0 atom stereocenters. The van der Waals surface area contributed by atoms with Gasteiger partial charge in [0.25, 0.3) is 0 Å². The molecule has 148 valence electrons. The number of benzene rings is 1. The molecule has 0 spiro atoms. The van der Waals surface area contributed by atoms with Gasteiger partial charge in [-0.25, -0.2) is 0 Å². The Morgan fingerprint density at radius 3 is 2.75 bits per heavy atom. The number of hydrogen-bond acceptors (Lipinski definition) is 3. The third kappa shape index (κ3) is 4.43. The normalized spacial score (nSPS) is 14.5. The van der Waals surface area contributed by atoms with E-state index >= 15 is 0 Å². The molecule has 0 bridgehead atoms. The molecule has 0 saturated heterocycles. The average molecular weight is 448 g/mol. The van der Waals surface area contributed by atoms with Crippen molar-refractivity contribution in [3.63, 3.8) is 0 Å². The fraction of sp³-hybridized carbons (Fsp3) is 0.333. The van der Waals surface area contributed by atoms with E-state index in [1.54, 1.807) is 6.07 Å². The zero-order valence-corrected chi connectivity index (χ0v) is 18.0. The minimum atomic E-state index is -0.384. The summed E-state index contributed by atoms with van der Waals surface area (Å²) in [4.78, 5) is 27.1. The number of likely N-dealkylation sites (N-methyl/N-ethyl adjacent to an activating group) is 1. The van der Waals surface area contributed by atoms with E-state index in [-0.39, 0.29) is 32.1 Å². The summed E-state index contributed by atoms with van der Waals surface area (Å²) >= 11 is -0.0123. The first kappa shape index (κ1) is 20.5. The zero-order chi connectivity index (χ0) is 20.3. The van der Waals surface area contributed by atoms with E-state index in [2.05, 4.69) is 29.4 Å². The van der Waals surface area contributed by atoms with E-state index in [0.29, 0.717) is 28.9 Å². The van der Waals surface area contributed by atoms with Gasteiger partial charge in [-0.1, -0.05) is 0 Å². The van der Waals surface area contributed by atoms with Gasteiger partial charge in [0.1, 0.15) is 0 Å². The predicted molar refractivity (Wildman–Crippen MR) is 111 cm³/mol. The molecule has 1 aliphatic heterocycles. The molecule has 0 fully saturated rings. The van der Waals surface area contributed by atoms with Crippen molar-refractivity contribution in [2.45, 2.75) is 20.8 Å². The number of carbonyl (C=O) groups is 2. The summed E-state index contributed by atoms with van der Waals surface area (Å²) in [6.07, 6.45) is 1.82. The molecule has 0 radical (unpaired) electrons. The first-order valence-electron chi connectivity index (χ1n) is 9.36. The molecule has 5 nitrogen and oxygen atoms in total. The van der Waals surface area contributed by atoms with Crippen molar-refractivity contribution >= 4 is 43.7 Å². The number of fused-ring (bicyclic) bond motifs is 1. The van der Waals surface area contributed by atoms with Crippen molar-refractivity contribution in [1.82, 2.24) is 10.2 Å². The van der Waals surface area contributed by atoms with Crippen molar-refractivity contribution in [2.24, 2.45) is 0 Å². The Labute approximate surface area is 170 Å². The number of anilines is 1. The Kier molecular flexibility index (Phi) is 6.49. The summed E-state index contributed by atoms with van der Waals surface area (Å²) in [5, 5.41) is 5.68. The van der Waals surface area contributed by atoms with Crippen LogP contribution in [0.25, 0.3) is 11.6 Å². The average Bonchev–Trinajstić information content (AvgIpc) is 3.18. The Morgan fingerprint density at radius 1 is 1.29 bits per heavy atom. The van der Waals surface area contributed by atoms with Gasteiger partial charge in [0.05, 0.1) is 0 Å². The topological polar surface area (TPSA) is 61.4 Å². The van der Waals surface area contributed by atoms with Gasteiger partial charge in [-0.3, -0.25) is 0 Å². The number of nitrogens with zero attached hydrogens (tertiary/aromatic N) is 1. The van der Waals surface area contributed by atoms with Crippen LogP contribution in [0.5, 0.6) is 0 Å². The van der Waals surface area contributed by atoms with Gasteiger partial charge in [0, 0.05) is 0 Å². The molecule has 3 rings (SSSR count). The van der Waals surface area contributed by atoms with Gasteiger partial charge in [0.2, 0.25) is 0 Å². The van der Waals surface area contributed by atoms with E-state index in [1.807, 2.05) is 19.1 Å². The van der Waals surface area contributed by atoms with Crippen molar-refractivity contribution in [3.05, 3.63) is 50.1 Å². The molecular formula is C21H24FN3O2Se. The van der Waals surface area contributed by atoms with E-state index in [1.165, 1.54) is 12.1 Å². The monoisotopic (exact) mass is 449 g/mol. The number of amides is 2. The van der Waals surface area contributed by atoms with Crippen LogP contribution in [-0.2, 0) is 4.79 Å². The summed E-state index contributed by atoms with van der Waals surface area (Å²) in [6, 6.07) is 6.14. The molecule has 0 aliphatic carbocycles. The predicted octanol–water partition coefficient (Wildman–Crippen LogP) is 2.76. The summed E-state index contributed by atoms with van der Waals surface area (Å²) in [5.74, 6) is -0.698. The van der Waals surface area contributed by atoms with Crippen molar-refractivity contribution < 1.29 is 14.0 Å². The van der Waals surface area contributed by atoms with Crippen LogP contribution in [0.4, 0.5) is 10.1 Å². The molecule has 1 aromatic heterocycles. The molecule has 1 aliphatic rings. The van der Waals surface area contributed by atoms with Crippen LogP contribution in [0.2, 0.25) is 0 Å². The first-order chi connectivity index (χ1) is 13.4. The zero-order valence-electron chi connectivity index (χ0n) is 16.3. The van der Waals surface area contributed by atoms with E-state index < -0.39 is 0 Å². The number of hydrogen-bond donors (Lipinski definition) is 2. The van der Waals surface area contributed by atoms with Crippen LogP contribution in [-0.4, -0.2) is 57.4 Å². The van der Waals surface area contributed by atoms with E-state index in [9.17, 15) is 14.0 Å². The fourth-order valence-corrected chi connectivity index (χ4v) is 5.25. The van der Waals surface area contributed by atoms with Gasteiger partial charge in [0.15, 0.2) is 0 Å². The van der Waals surface area contributed by atoms with Gasteiger partial charge in [-0.05, 0) is 0 Å². The molecule has 28 heavy (non-hydrogen) atoms. The Morgan fingerprint density at radius 2 is 2.04 bits per heavy atom. The molecule has 2 aromatic rings. The van der Waals surface area contributed by atoms with Crippen molar-refractivity contribution in [2.75, 3.05) is 31.5 Å². The van der Waals surface area contributed by atoms with Crippen LogP contribution in [0.15, 0.2) is 24.3 Å². The Hall–Kier alpha value is -2.21. The second kappa shape index (κ2) is 8.86. The van der Waals surface area contributed by atoms with Crippen LogP contribution in [0.3, 0.4) is 0 Å². The van der Waals surface area contributed by atoms with Crippen LogP contribution in [0.1, 0.15) is 38.6 Å². The molecule has 2 heterocycles. The van der Waals surface area contributed by atoms with Crippen molar-refractivity contribution in [3.8, 4) is 0 Å². The van der Waals surface area contributed by atoms with E-state index in [0.717, 1.165) is 28.5 Å². The quantitative estimate of drug-likeness (QED) is 0.506. The summed E-state index contributed by atoms with van der Waals surface area (Å²) in [5.41, 5.74) is 2.38. The van der Waals surface area contributed by atoms with Gasteiger partial charge < -0.3 is 0 Å². The maximum absolute atomic E-state index is 13.4. The number of halogens is 1. The standard InChI is InChI=1S/C21H24FN3O2Se/c1-4-25(5-2)9-8-23-20(26)17-11-15(28-13(17)3)12-18-16-7-6-14(22)10-19(16)24-21(18)27/h6-7,10-12H,4-5,8-9H2,1-3H3,(H,23,26)(H,24,27)/b18-12-. The van der Waals surface area contributed by atoms with Gasteiger partial charge in [-0.2, -0.15) is 0 Å². The third-order valence-electron chi connectivity index (χ3n) is 4.84. The third-order valence-corrected chi connectivity index (χ3v) is 6.93. The molecule has 0 saturated carbocycles. The Balaban J connectivity index is 1.75. The SMILES string of the molecule is CCN(CC)CCNC(=O)c1cc(/C=C2\C(=O)Nc3cc(F)ccc32)[se]c1C. The van der Waals surface area contributed by atoms with Crippen LogP contribution in [0, 0.1) is 12.7 Å². The van der Waals surface area contributed by atoms with E-state index in [4.69, 9.17) is 0 Å². The first-order valence-corrected chi connectivity index (χ1v) is 11.1. The maximum atomic E-state index is 13.4. The molecule has 1 aromatic carbocycles. The number of rotatable bonds is 7. The van der Waals surface area contributed by atoms with Gasteiger partial charge >= 0.3 is 170 Å². The van der Waals surface area contributed by atoms with Crippen LogP contribution < -0.4 is 10.6 Å². The summed E-state index contributed by atoms with van der Waals surface area (Å²) in [7, 11) is 0. The molecule has 0 unspecified atom stereocenters. The molecular weight excluding hydrogens is 424 g/mol. The fourth-order valence-electron chi connectivity index (χ4n) is 3.22. The second-order valence-corrected chi connectivity index (χ2v) is 9.31. The number of nitrogens with one attached hydrogen (secondary N) is 2. The molecule has 2 N–H and O–H groups in total. The number of carbonyl (C=O) groups excluding carboxylic acids is 2. The summed E-state index contributed by atoms with van der Waals surface area (Å²) in [6.45, 7) is 9.52. The molecule has 2 amide bonds. The van der Waals surface area contributed by atoms with Crippen LogP contribution >= 0.6 is 0 Å². The number of aryl methyl sites for hydroxylation is 1. The summed E-state index contributed by atoms with van der Waals surface area (Å²) < 4.78 is 15.4. The minimum absolute atomic E-state index is 0.0123.